The van der Waals surface area contributed by atoms with E-state index in [-0.39, 0.29) is 5.75 Å². The molecule has 3 rings (SSSR count). The molecule has 1 N–H and O–H groups in total. The minimum absolute atomic E-state index is 0.263. The molecule has 0 unspecified atom stereocenters. The number of hydrogen-bond donors (Lipinski definition) is 1. The Balaban J connectivity index is 2.38. The minimum Gasteiger partial charge on any atom is -0.506 e. The Hall–Kier alpha value is -2.29. The van der Waals surface area contributed by atoms with E-state index in [1.165, 1.54) is 0 Å². The summed E-state index contributed by atoms with van der Waals surface area (Å²) in [5.41, 5.74) is 2.71. The molecule has 1 aromatic heterocycles. The molecule has 0 saturated heterocycles. The second-order valence-corrected chi connectivity index (χ2v) is 3.97. The Morgan fingerprint density at radius 1 is 1.00 bits per heavy atom. The van der Waals surface area contributed by atoms with Gasteiger partial charge >= 0.3 is 0 Å². The third-order valence-corrected chi connectivity index (χ3v) is 2.85. The lowest BCUT2D eigenvalue weighted by Gasteiger charge is -2.08. The van der Waals surface area contributed by atoms with Gasteiger partial charge in [-0.1, -0.05) is 24.3 Å². The van der Waals surface area contributed by atoms with Crippen molar-refractivity contribution in [3.8, 4) is 11.4 Å². The van der Waals surface area contributed by atoms with E-state index in [4.69, 9.17) is 0 Å². The fourth-order valence-electron chi connectivity index (χ4n) is 2.10. The van der Waals surface area contributed by atoms with Gasteiger partial charge in [0.05, 0.1) is 16.7 Å². The van der Waals surface area contributed by atoms with Gasteiger partial charge in [0.15, 0.2) is 0 Å². The zero-order chi connectivity index (χ0) is 11.8. The molecule has 0 atom stereocenters. The molecule has 2 aromatic carbocycles. The smallest absolute Gasteiger partial charge is 0.139 e. The van der Waals surface area contributed by atoms with E-state index in [1.807, 2.05) is 54.0 Å². The highest BCUT2D eigenvalue weighted by Gasteiger charge is 2.10. The second kappa shape index (κ2) is 3.63. The summed E-state index contributed by atoms with van der Waals surface area (Å²) in [5.74, 6) is 1.13. The molecule has 0 spiro atoms. The Kier molecular flexibility index (Phi) is 2.11. The van der Waals surface area contributed by atoms with Crippen molar-refractivity contribution in [3.05, 3.63) is 54.4 Å². The van der Waals surface area contributed by atoms with Crippen LogP contribution in [0.2, 0.25) is 0 Å². The normalized spacial score (nSPS) is 10.9. The van der Waals surface area contributed by atoms with E-state index in [1.54, 1.807) is 6.07 Å². The Bertz CT molecular complexity index is 686. The van der Waals surface area contributed by atoms with Crippen molar-refractivity contribution < 1.29 is 5.11 Å². The van der Waals surface area contributed by atoms with Gasteiger partial charge in [0.2, 0.25) is 0 Å². The molecule has 0 aliphatic carbocycles. The van der Waals surface area contributed by atoms with Crippen molar-refractivity contribution in [1.29, 1.82) is 0 Å². The van der Waals surface area contributed by atoms with Crippen molar-refractivity contribution in [2.24, 2.45) is 0 Å². The number of fused-ring (bicyclic) bond motifs is 1. The standard InChI is InChI=1S/C14H12N2O/c1-10-15-11-6-2-3-7-12(11)16(10)13-8-4-5-9-14(13)17/h2-9,17H,1H3. The topological polar surface area (TPSA) is 38.0 Å². The van der Waals surface area contributed by atoms with Crippen LogP contribution in [-0.2, 0) is 0 Å². The Morgan fingerprint density at radius 3 is 2.53 bits per heavy atom. The lowest BCUT2D eigenvalue weighted by atomic mass is 10.2. The number of para-hydroxylation sites is 4. The van der Waals surface area contributed by atoms with E-state index < -0.39 is 0 Å². The number of hydrogen-bond acceptors (Lipinski definition) is 2. The first-order chi connectivity index (χ1) is 8.27. The van der Waals surface area contributed by atoms with Gasteiger partial charge in [0.25, 0.3) is 0 Å². The molecule has 0 aliphatic heterocycles. The molecule has 3 aromatic rings. The van der Waals surface area contributed by atoms with Gasteiger partial charge < -0.3 is 5.11 Å². The maximum absolute atomic E-state index is 9.92. The average molecular weight is 224 g/mol. The van der Waals surface area contributed by atoms with Crippen LogP contribution in [-0.4, -0.2) is 14.7 Å². The van der Waals surface area contributed by atoms with Crippen LogP contribution in [0.4, 0.5) is 0 Å². The second-order valence-electron chi connectivity index (χ2n) is 3.97. The molecule has 0 saturated carbocycles. The largest absolute Gasteiger partial charge is 0.506 e. The summed E-state index contributed by atoms with van der Waals surface area (Å²) in [5, 5.41) is 9.92. The predicted octanol–water partition coefficient (Wildman–Crippen LogP) is 3.04. The van der Waals surface area contributed by atoms with E-state index >= 15 is 0 Å². The van der Waals surface area contributed by atoms with E-state index in [9.17, 15) is 5.11 Å². The molecule has 0 fully saturated rings. The van der Waals surface area contributed by atoms with Crippen LogP contribution in [0, 0.1) is 6.92 Å². The molecule has 3 nitrogen and oxygen atoms in total. The van der Waals surface area contributed by atoms with Gasteiger partial charge in [-0.15, -0.1) is 0 Å². The van der Waals surface area contributed by atoms with Gasteiger partial charge in [-0.2, -0.15) is 0 Å². The first kappa shape index (κ1) is 9.90. The van der Waals surface area contributed by atoms with Crippen LogP contribution < -0.4 is 0 Å². The molecule has 17 heavy (non-hydrogen) atoms. The van der Waals surface area contributed by atoms with Gasteiger partial charge in [0.1, 0.15) is 11.6 Å². The summed E-state index contributed by atoms with van der Waals surface area (Å²) in [6, 6.07) is 15.2. The van der Waals surface area contributed by atoms with Gasteiger partial charge in [0, 0.05) is 0 Å². The van der Waals surface area contributed by atoms with Gasteiger partial charge in [-0.25, -0.2) is 4.98 Å². The lowest BCUT2D eigenvalue weighted by Crippen LogP contribution is -1.96. The minimum atomic E-state index is 0.263. The molecule has 84 valence electrons. The number of rotatable bonds is 1. The SMILES string of the molecule is Cc1nc2ccccc2n1-c1ccccc1O. The van der Waals surface area contributed by atoms with Crippen LogP contribution in [0.5, 0.6) is 5.75 Å². The number of nitrogens with zero attached hydrogens (tertiary/aromatic N) is 2. The first-order valence-corrected chi connectivity index (χ1v) is 5.50. The lowest BCUT2D eigenvalue weighted by molar-refractivity contribution is 0.472. The number of aromatic nitrogens is 2. The summed E-state index contributed by atoms with van der Waals surface area (Å²) in [4.78, 5) is 4.48. The fourth-order valence-corrected chi connectivity index (χ4v) is 2.10. The van der Waals surface area contributed by atoms with E-state index in [0.717, 1.165) is 22.5 Å². The molecule has 0 aliphatic rings. The third-order valence-electron chi connectivity index (χ3n) is 2.85. The van der Waals surface area contributed by atoms with Crippen molar-refractivity contribution in [3.63, 3.8) is 0 Å². The number of aryl methyl sites for hydroxylation is 1. The fraction of sp³-hybridized carbons (Fsp3) is 0.0714. The van der Waals surface area contributed by atoms with E-state index in [0.29, 0.717) is 0 Å². The Morgan fingerprint density at radius 2 is 1.71 bits per heavy atom. The maximum atomic E-state index is 9.92. The first-order valence-electron chi connectivity index (χ1n) is 5.50. The number of imidazole rings is 1. The molecule has 1 heterocycles. The molecule has 0 bridgehead atoms. The van der Waals surface area contributed by atoms with Crippen LogP contribution in [0.3, 0.4) is 0 Å². The quantitative estimate of drug-likeness (QED) is 0.690. The summed E-state index contributed by atoms with van der Waals surface area (Å²) in [7, 11) is 0. The molecular formula is C14H12N2O. The number of aromatic hydroxyl groups is 1. The van der Waals surface area contributed by atoms with Crippen LogP contribution in [0.25, 0.3) is 16.7 Å². The summed E-state index contributed by atoms with van der Waals surface area (Å²) in [6.45, 7) is 1.94. The van der Waals surface area contributed by atoms with Crippen LogP contribution in [0.1, 0.15) is 5.82 Å². The highest BCUT2D eigenvalue weighted by atomic mass is 16.3. The van der Waals surface area contributed by atoms with Crippen LogP contribution >= 0.6 is 0 Å². The monoisotopic (exact) mass is 224 g/mol. The molecule has 3 heteroatoms. The molecular weight excluding hydrogens is 212 g/mol. The third kappa shape index (κ3) is 1.47. The van der Waals surface area contributed by atoms with Crippen molar-refractivity contribution in [1.82, 2.24) is 9.55 Å². The van der Waals surface area contributed by atoms with Crippen LogP contribution in [0.15, 0.2) is 48.5 Å². The van der Waals surface area contributed by atoms with Crippen molar-refractivity contribution >= 4 is 11.0 Å². The van der Waals surface area contributed by atoms with Gasteiger partial charge in [-0.3, -0.25) is 4.57 Å². The van der Waals surface area contributed by atoms with E-state index in [2.05, 4.69) is 4.98 Å². The predicted molar refractivity (Wildman–Crippen MR) is 67.5 cm³/mol. The van der Waals surface area contributed by atoms with Gasteiger partial charge in [-0.05, 0) is 31.2 Å². The molecule has 0 radical (unpaired) electrons. The number of benzene rings is 2. The summed E-state index contributed by atoms with van der Waals surface area (Å²) < 4.78 is 1.96. The maximum Gasteiger partial charge on any atom is 0.139 e. The van der Waals surface area contributed by atoms with Crippen molar-refractivity contribution in [2.45, 2.75) is 6.92 Å². The summed E-state index contributed by atoms with van der Waals surface area (Å²) in [6.07, 6.45) is 0. The highest BCUT2D eigenvalue weighted by molar-refractivity contribution is 5.78. The Labute approximate surface area is 99.0 Å². The van der Waals surface area contributed by atoms with Crippen molar-refractivity contribution in [2.75, 3.05) is 0 Å². The number of phenols is 1. The average Bonchev–Trinajstić information content (AvgIpc) is 2.66. The zero-order valence-corrected chi connectivity index (χ0v) is 9.46. The molecule has 0 amide bonds. The summed E-state index contributed by atoms with van der Waals surface area (Å²) >= 11 is 0. The highest BCUT2D eigenvalue weighted by Crippen LogP contribution is 2.26. The number of phenolic OH excluding ortho intramolecular Hbond substituents is 1. The zero-order valence-electron chi connectivity index (χ0n) is 9.46.